The molecule has 1 N–H and O–H groups in total. The topological polar surface area (TPSA) is 79.2 Å². The number of sulfonamides is 1. The zero-order valence-corrected chi connectivity index (χ0v) is 15.4. The fourth-order valence-electron chi connectivity index (χ4n) is 2.93. The number of hydrogen-bond donors (Lipinski definition) is 1. The van der Waals surface area contributed by atoms with E-state index in [0.717, 1.165) is 19.3 Å². The summed E-state index contributed by atoms with van der Waals surface area (Å²) in [4.78, 5) is 4.55. The Morgan fingerprint density at radius 1 is 1.12 bits per heavy atom. The zero-order chi connectivity index (χ0) is 18.6. The smallest absolute Gasteiger partial charge is 0.243 e. The van der Waals surface area contributed by atoms with Crippen LogP contribution >= 0.6 is 0 Å². The quantitative estimate of drug-likeness (QED) is 0.814. The van der Waals surface area contributed by atoms with E-state index >= 15 is 0 Å². The van der Waals surface area contributed by atoms with Gasteiger partial charge in [-0.05, 0) is 43.2 Å². The number of aliphatic imine (C=N–C) groups is 1. The molecule has 2 aromatic carbocycles. The standard InChI is InChI=1S/C19H22N2O4S/c1-25-18-10-5-7-15(19(18)22)14-20-16-8-6-9-17(13-16)26(23,24)21-11-3-2-4-12-21/h5-10,13-14,22H,2-4,11-12H2,1H3. The first-order valence-electron chi connectivity index (χ1n) is 8.52. The van der Waals surface area contributed by atoms with Crippen molar-refractivity contribution < 1.29 is 18.3 Å². The second-order valence-electron chi connectivity index (χ2n) is 6.12. The van der Waals surface area contributed by atoms with Gasteiger partial charge in [-0.1, -0.05) is 18.6 Å². The predicted octanol–water partition coefficient (Wildman–Crippen LogP) is 3.33. The Labute approximate surface area is 153 Å². The lowest BCUT2D eigenvalue weighted by Gasteiger charge is -2.25. The number of para-hydroxylation sites is 1. The van der Waals surface area contributed by atoms with E-state index in [0.29, 0.717) is 30.1 Å². The molecule has 0 aliphatic carbocycles. The predicted molar refractivity (Wildman–Crippen MR) is 101 cm³/mol. The summed E-state index contributed by atoms with van der Waals surface area (Å²) in [6.45, 7) is 1.13. The summed E-state index contributed by atoms with van der Waals surface area (Å²) in [6, 6.07) is 11.6. The zero-order valence-electron chi connectivity index (χ0n) is 14.6. The lowest BCUT2D eigenvalue weighted by atomic mass is 10.2. The Morgan fingerprint density at radius 3 is 2.58 bits per heavy atom. The number of aromatic hydroxyl groups is 1. The summed E-state index contributed by atoms with van der Waals surface area (Å²) < 4.78 is 32.1. The molecule has 3 rings (SSSR count). The van der Waals surface area contributed by atoms with E-state index < -0.39 is 10.0 Å². The van der Waals surface area contributed by atoms with Gasteiger partial charge in [-0.25, -0.2) is 8.42 Å². The highest BCUT2D eigenvalue weighted by Crippen LogP contribution is 2.29. The number of phenols is 1. The van der Waals surface area contributed by atoms with E-state index in [-0.39, 0.29) is 10.6 Å². The van der Waals surface area contributed by atoms with Crippen molar-refractivity contribution in [3.63, 3.8) is 0 Å². The summed E-state index contributed by atoms with van der Waals surface area (Å²) in [6.07, 6.45) is 4.35. The average molecular weight is 374 g/mol. The number of hydrogen-bond acceptors (Lipinski definition) is 5. The second-order valence-corrected chi connectivity index (χ2v) is 8.06. The Kier molecular flexibility index (Phi) is 5.58. The lowest BCUT2D eigenvalue weighted by Crippen LogP contribution is -2.35. The fourth-order valence-corrected chi connectivity index (χ4v) is 4.49. The van der Waals surface area contributed by atoms with Crippen LogP contribution in [-0.4, -0.2) is 44.2 Å². The first kappa shape index (κ1) is 18.4. The van der Waals surface area contributed by atoms with Crippen molar-refractivity contribution in [2.45, 2.75) is 24.2 Å². The molecule has 1 saturated heterocycles. The van der Waals surface area contributed by atoms with E-state index in [1.54, 1.807) is 42.5 Å². The van der Waals surface area contributed by atoms with Gasteiger partial charge < -0.3 is 9.84 Å². The number of piperidine rings is 1. The van der Waals surface area contributed by atoms with Gasteiger partial charge in [-0.3, -0.25) is 4.99 Å². The van der Waals surface area contributed by atoms with Crippen molar-refractivity contribution in [3.05, 3.63) is 48.0 Å². The maximum Gasteiger partial charge on any atom is 0.243 e. The maximum atomic E-state index is 12.8. The van der Waals surface area contributed by atoms with Crippen molar-refractivity contribution in [2.24, 2.45) is 4.99 Å². The van der Waals surface area contributed by atoms with Gasteiger partial charge >= 0.3 is 0 Å². The summed E-state index contributed by atoms with van der Waals surface area (Å²) >= 11 is 0. The second kappa shape index (κ2) is 7.88. The van der Waals surface area contributed by atoms with Gasteiger partial charge in [0.2, 0.25) is 10.0 Å². The molecule has 1 heterocycles. The van der Waals surface area contributed by atoms with Gasteiger partial charge in [0.25, 0.3) is 0 Å². The minimum absolute atomic E-state index is 0.00385. The van der Waals surface area contributed by atoms with Crippen LogP contribution in [0.3, 0.4) is 0 Å². The van der Waals surface area contributed by atoms with Crippen molar-refractivity contribution in [3.8, 4) is 11.5 Å². The van der Waals surface area contributed by atoms with Gasteiger partial charge in [0.1, 0.15) is 0 Å². The Balaban J connectivity index is 1.86. The van der Waals surface area contributed by atoms with Gasteiger partial charge in [0.05, 0.1) is 17.7 Å². The Morgan fingerprint density at radius 2 is 1.85 bits per heavy atom. The third-order valence-corrected chi connectivity index (χ3v) is 6.27. The molecule has 7 heteroatoms. The number of benzene rings is 2. The van der Waals surface area contributed by atoms with Crippen LogP contribution in [0.5, 0.6) is 11.5 Å². The summed E-state index contributed by atoms with van der Waals surface area (Å²) in [5.41, 5.74) is 0.999. The number of ether oxygens (including phenoxy) is 1. The maximum absolute atomic E-state index is 12.8. The molecule has 2 aromatic rings. The van der Waals surface area contributed by atoms with Gasteiger partial charge in [0.15, 0.2) is 11.5 Å². The minimum Gasteiger partial charge on any atom is -0.504 e. The number of methoxy groups -OCH3 is 1. The molecule has 26 heavy (non-hydrogen) atoms. The van der Waals surface area contributed by atoms with Gasteiger partial charge in [-0.15, -0.1) is 0 Å². The monoisotopic (exact) mass is 374 g/mol. The number of rotatable bonds is 5. The van der Waals surface area contributed by atoms with Crippen LogP contribution in [-0.2, 0) is 10.0 Å². The van der Waals surface area contributed by atoms with Crippen LogP contribution in [0, 0.1) is 0 Å². The molecule has 6 nitrogen and oxygen atoms in total. The summed E-state index contributed by atoms with van der Waals surface area (Å²) in [5, 5.41) is 10.1. The molecule has 0 amide bonds. The molecule has 1 aliphatic rings. The molecule has 0 spiro atoms. The fraction of sp³-hybridized carbons (Fsp3) is 0.316. The molecule has 0 aromatic heterocycles. The van der Waals surface area contributed by atoms with Crippen LogP contribution in [0.25, 0.3) is 0 Å². The average Bonchev–Trinajstić information content (AvgIpc) is 2.68. The Hall–Kier alpha value is -2.38. The third-order valence-electron chi connectivity index (χ3n) is 4.37. The first-order chi connectivity index (χ1) is 12.5. The minimum atomic E-state index is -3.50. The van der Waals surface area contributed by atoms with Crippen LogP contribution in [0.4, 0.5) is 5.69 Å². The van der Waals surface area contributed by atoms with E-state index in [4.69, 9.17) is 4.74 Å². The molecule has 0 atom stereocenters. The molecule has 0 bridgehead atoms. The first-order valence-corrected chi connectivity index (χ1v) is 9.96. The molecular weight excluding hydrogens is 352 g/mol. The highest BCUT2D eigenvalue weighted by Gasteiger charge is 2.25. The van der Waals surface area contributed by atoms with Gasteiger partial charge in [0, 0.05) is 24.9 Å². The van der Waals surface area contributed by atoms with Crippen LogP contribution in [0.1, 0.15) is 24.8 Å². The van der Waals surface area contributed by atoms with Crippen molar-refractivity contribution in [2.75, 3.05) is 20.2 Å². The SMILES string of the molecule is COc1cccc(C=Nc2cccc(S(=O)(=O)N3CCCCC3)c2)c1O. The van der Waals surface area contributed by atoms with Crippen molar-refractivity contribution in [1.82, 2.24) is 4.31 Å². The van der Waals surface area contributed by atoms with E-state index in [1.165, 1.54) is 17.6 Å². The third kappa shape index (κ3) is 3.89. The Bertz CT molecular complexity index is 904. The molecule has 1 fully saturated rings. The summed E-state index contributed by atoms with van der Waals surface area (Å²) in [7, 11) is -2.02. The number of nitrogens with zero attached hydrogens (tertiary/aromatic N) is 2. The molecule has 138 valence electrons. The van der Waals surface area contributed by atoms with Crippen molar-refractivity contribution >= 4 is 21.9 Å². The molecule has 0 radical (unpaired) electrons. The summed E-state index contributed by atoms with van der Waals surface area (Å²) in [5.74, 6) is 0.353. The van der Waals surface area contributed by atoms with Crippen LogP contribution in [0.15, 0.2) is 52.4 Å². The van der Waals surface area contributed by atoms with Crippen LogP contribution < -0.4 is 4.74 Å². The van der Waals surface area contributed by atoms with Gasteiger partial charge in [-0.2, -0.15) is 4.31 Å². The van der Waals surface area contributed by atoms with E-state index in [2.05, 4.69) is 4.99 Å². The largest absolute Gasteiger partial charge is 0.504 e. The van der Waals surface area contributed by atoms with Crippen LogP contribution in [0.2, 0.25) is 0 Å². The molecule has 1 aliphatic heterocycles. The lowest BCUT2D eigenvalue weighted by molar-refractivity contribution is 0.346. The molecule has 0 saturated carbocycles. The number of phenolic OH excluding ortho intramolecular Hbond substituents is 1. The van der Waals surface area contributed by atoms with E-state index in [1.807, 2.05) is 0 Å². The van der Waals surface area contributed by atoms with E-state index in [9.17, 15) is 13.5 Å². The highest BCUT2D eigenvalue weighted by molar-refractivity contribution is 7.89. The van der Waals surface area contributed by atoms with Crippen molar-refractivity contribution in [1.29, 1.82) is 0 Å². The molecular formula is C19H22N2O4S. The molecule has 0 unspecified atom stereocenters. The normalized spacial score (nSPS) is 16.0. The highest BCUT2D eigenvalue weighted by atomic mass is 32.2.